The smallest absolute Gasteiger partial charge is 0.268 e. The second-order valence-corrected chi connectivity index (χ2v) is 5.93. The Morgan fingerprint density at radius 2 is 1.86 bits per heavy atom. The van der Waals surface area contributed by atoms with Crippen molar-refractivity contribution in [1.29, 1.82) is 0 Å². The summed E-state index contributed by atoms with van der Waals surface area (Å²) in [6.07, 6.45) is 0. The Morgan fingerprint density at radius 1 is 1.14 bits per heavy atom. The van der Waals surface area contributed by atoms with Crippen LogP contribution >= 0.6 is 11.3 Å². The van der Waals surface area contributed by atoms with Crippen molar-refractivity contribution in [3.05, 3.63) is 52.2 Å². The SMILES string of the molecule is CC(C)NC(=O)c1ccccc1N(C)C(=O)c1cccs1. The molecule has 1 N–H and O–H groups in total. The van der Waals surface area contributed by atoms with Gasteiger partial charge in [-0.25, -0.2) is 0 Å². The number of carbonyl (C=O) groups is 2. The normalized spacial score (nSPS) is 10.5. The summed E-state index contributed by atoms with van der Waals surface area (Å²) < 4.78 is 0. The van der Waals surface area contributed by atoms with Gasteiger partial charge in [0, 0.05) is 13.1 Å². The number of rotatable bonds is 4. The van der Waals surface area contributed by atoms with Gasteiger partial charge in [0.1, 0.15) is 0 Å². The van der Waals surface area contributed by atoms with Gasteiger partial charge in [-0.2, -0.15) is 0 Å². The molecule has 110 valence electrons. The lowest BCUT2D eigenvalue weighted by Crippen LogP contribution is -2.33. The molecule has 0 atom stereocenters. The van der Waals surface area contributed by atoms with Crippen molar-refractivity contribution < 1.29 is 9.59 Å². The summed E-state index contributed by atoms with van der Waals surface area (Å²) in [5.41, 5.74) is 1.10. The summed E-state index contributed by atoms with van der Waals surface area (Å²) >= 11 is 1.39. The number of benzene rings is 1. The van der Waals surface area contributed by atoms with Crippen LogP contribution in [-0.2, 0) is 0 Å². The molecule has 0 saturated heterocycles. The van der Waals surface area contributed by atoms with Gasteiger partial charge in [-0.05, 0) is 37.4 Å². The first kappa shape index (κ1) is 15.3. The van der Waals surface area contributed by atoms with Crippen molar-refractivity contribution in [2.45, 2.75) is 19.9 Å². The summed E-state index contributed by atoms with van der Waals surface area (Å²) in [6, 6.07) is 10.8. The fraction of sp³-hybridized carbons (Fsp3) is 0.250. The fourth-order valence-electron chi connectivity index (χ4n) is 1.97. The van der Waals surface area contributed by atoms with Crippen molar-refractivity contribution in [2.24, 2.45) is 0 Å². The van der Waals surface area contributed by atoms with E-state index < -0.39 is 0 Å². The van der Waals surface area contributed by atoms with E-state index in [1.54, 1.807) is 31.3 Å². The average Bonchev–Trinajstić information content (AvgIpc) is 2.99. The predicted octanol–water partition coefficient (Wildman–Crippen LogP) is 3.16. The summed E-state index contributed by atoms with van der Waals surface area (Å²) in [7, 11) is 1.68. The largest absolute Gasteiger partial charge is 0.350 e. The minimum absolute atomic E-state index is 0.0452. The monoisotopic (exact) mass is 302 g/mol. The van der Waals surface area contributed by atoms with E-state index in [4.69, 9.17) is 0 Å². The number of amides is 2. The molecule has 0 radical (unpaired) electrons. The number of nitrogens with one attached hydrogen (secondary N) is 1. The molecule has 0 aliphatic rings. The van der Waals surface area contributed by atoms with Crippen LogP contribution in [0.4, 0.5) is 5.69 Å². The van der Waals surface area contributed by atoms with E-state index in [0.717, 1.165) is 0 Å². The van der Waals surface area contributed by atoms with Gasteiger partial charge in [-0.1, -0.05) is 18.2 Å². The summed E-state index contributed by atoms with van der Waals surface area (Å²) in [5.74, 6) is -0.291. The van der Waals surface area contributed by atoms with Gasteiger partial charge in [0.2, 0.25) is 0 Å². The quantitative estimate of drug-likeness (QED) is 0.943. The van der Waals surface area contributed by atoms with Crippen molar-refractivity contribution >= 4 is 28.8 Å². The van der Waals surface area contributed by atoms with Crippen molar-refractivity contribution in [2.75, 3.05) is 11.9 Å². The van der Waals surface area contributed by atoms with Crippen LogP contribution in [-0.4, -0.2) is 24.9 Å². The second kappa shape index (κ2) is 6.54. The Balaban J connectivity index is 2.31. The number of thiophene rings is 1. The van der Waals surface area contributed by atoms with Gasteiger partial charge in [0.25, 0.3) is 11.8 Å². The third kappa shape index (κ3) is 3.49. The summed E-state index contributed by atoms with van der Waals surface area (Å²) in [6.45, 7) is 3.81. The van der Waals surface area contributed by atoms with Crippen LogP contribution in [0.25, 0.3) is 0 Å². The highest BCUT2D eigenvalue weighted by Crippen LogP contribution is 2.22. The number of para-hydroxylation sites is 1. The average molecular weight is 302 g/mol. The first-order valence-electron chi connectivity index (χ1n) is 6.72. The molecule has 0 aliphatic carbocycles. The maximum absolute atomic E-state index is 12.4. The molecule has 4 nitrogen and oxygen atoms in total. The number of carbonyl (C=O) groups excluding carboxylic acids is 2. The van der Waals surface area contributed by atoms with Gasteiger partial charge in [-0.3, -0.25) is 9.59 Å². The molecule has 21 heavy (non-hydrogen) atoms. The minimum atomic E-state index is -0.175. The lowest BCUT2D eigenvalue weighted by molar-refractivity contribution is 0.0943. The van der Waals surface area contributed by atoms with Crippen LogP contribution in [0.15, 0.2) is 41.8 Å². The molecule has 2 aromatic rings. The topological polar surface area (TPSA) is 49.4 Å². The lowest BCUT2D eigenvalue weighted by Gasteiger charge is -2.20. The predicted molar refractivity (Wildman–Crippen MR) is 86.1 cm³/mol. The van der Waals surface area contributed by atoms with Crippen molar-refractivity contribution in [3.8, 4) is 0 Å². The molecule has 5 heteroatoms. The molecular formula is C16H18N2O2S. The van der Waals surface area contributed by atoms with E-state index in [-0.39, 0.29) is 17.9 Å². The van der Waals surface area contributed by atoms with Gasteiger partial charge < -0.3 is 10.2 Å². The third-order valence-electron chi connectivity index (χ3n) is 2.97. The maximum Gasteiger partial charge on any atom is 0.268 e. The molecule has 0 aliphatic heterocycles. The maximum atomic E-state index is 12.4. The minimum Gasteiger partial charge on any atom is -0.350 e. The molecule has 2 rings (SSSR count). The van der Waals surface area contributed by atoms with E-state index in [1.807, 2.05) is 31.4 Å². The zero-order chi connectivity index (χ0) is 15.4. The van der Waals surface area contributed by atoms with Crippen LogP contribution in [0.5, 0.6) is 0 Å². The molecule has 1 aromatic heterocycles. The Bertz CT molecular complexity index is 635. The van der Waals surface area contributed by atoms with Gasteiger partial charge in [-0.15, -0.1) is 11.3 Å². The fourth-order valence-corrected chi connectivity index (χ4v) is 2.67. The Morgan fingerprint density at radius 3 is 2.48 bits per heavy atom. The van der Waals surface area contributed by atoms with E-state index in [9.17, 15) is 9.59 Å². The van der Waals surface area contributed by atoms with E-state index in [0.29, 0.717) is 16.1 Å². The van der Waals surface area contributed by atoms with Gasteiger partial charge in [0.15, 0.2) is 0 Å². The van der Waals surface area contributed by atoms with Crippen LogP contribution < -0.4 is 10.2 Å². The number of hydrogen-bond acceptors (Lipinski definition) is 3. The number of anilines is 1. The highest BCUT2D eigenvalue weighted by Gasteiger charge is 2.20. The van der Waals surface area contributed by atoms with Crippen LogP contribution in [0.3, 0.4) is 0 Å². The first-order chi connectivity index (χ1) is 10.0. The van der Waals surface area contributed by atoms with Crippen molar-refractivity contribution in [1.82, 2.24) is 5.32 Å². The molecule has 1 aromatic carbocycles. The van der Waals surface area contributed by atoms with Gasteiger partial charge >= 0.3 is 0 Å². The first-order valence-corrected chi connectivity index (χ1v) is 7.60. The van der Waals surface area contributed by atoms with Crippen LogP contribution in [0.1, 0.15) is 33.9 Å². The Labute approximate surface area is 128 Å². The zero-order valence-electron chi connectivity index (χ0n) is 12.3. The molecule has 2 amide bonds. The highest BCUT2D eigenvalue weighted by molar-refractivity contribution is 7.12. The summed E-state index contributed by atoms with van der Waals surface area (Å²) in [4.78, 5) is 26.8. The molecule has 0 fully saturated rings. The molecule has 0 spiro atoms. The standard InChI is InChI=1S/C16H18N2O2S/c1-11(2)17-15(19)12-7-4-5-8-13(12)18(3)16(20)14-9-6-10-21-14/h4-11H,1-3H3,(H,17,19). The van der Waals surface area contributed by atoms with Crippen LogP contribution in [0, 0.1) is 0 Å². The van der Waals surface area contributed by atoms with Crippen LogP contribution in [0.2, 0.25) is 0 Å². The highest BCUT2D eigenvalue weighted by atomic mass is 32.1. The summed E-state index contributed by atoms with van der Waals surface area (Å²) in [5, 5.41) is 4.71. The molecule has 0 bridgehead atoms. The zero-order valence-corrected chi connectivity index (χ0v) is 13.1. The number of hydrogen-bond donors (Lipinski definition) is 1. The molecular weight excluding hydrogens is 284 g/mol. The van der Waals surface area contributed by atoms with E-state index >= 15 is 0 Å². The number of nitrogens with zero attached hydrogens (tertiary/aromatic N) is 1. The molecule has 1 heterocycles. The third-order valence-corrected chi connectivity index (χ3v) is 3.82. The van der Waals surface area contributed by atoms with Gasteiger partial charge in [0.05, 0.1) is 16.1 Å². The Hall–Kier alpha value is -2.14. The van der Waals surface area contributed by atoms with Crippen molar-refractivity contribution in [3.63, 3.8) is 0 Å². The lowest BCUT2D eigenvalue weighted by atomic mass is 10.1. The Kier molecular flexibility index (Phi) is 4.75. The van der Waals surface area contributed by atoms with E-state index in [1.165, 1.54) is 16.2 Å². The molecule has 0 saturated carbocycles. The second-order valence-electron chi connectivity index (χ2n) is 4.99. The van der Waals surface area contributed by atoms with E-state index in [2.05, 4.69) is 5.32 Å². The molecule has 0 unspecified atom stereocenters.